The Morgan fingerprint density at radius 2 is 1.36 bits per heavy atom. The number of nitrogens with zero attached hydrogens (tertiary/aromatic N) is 1. The lowest BCUT2D eigenvalue weighted by Gasteiger charge is -2.15. The van der Waals surface area contributed by atoms with Gasteiger partial charge in [-0.1, -0.05) is 66.7 Å². The van der Waals surface area contributed by atoms with E-state index in [0.29, 0.717) is 5.56 Å². The second-order valence-corrected chi connectivity index (χ2v) is 8.53. The lowest BCUT2D eigenvalue weighted by Crippen LogP contribution is -2.35. The van der Waals surface area contributed by atoms with E-state index in [-0.39, 0.29) is 30.3 Å². The number of benzene rings is 3. The minimum absolute atomic E-state index is 0.0140. The molecule has 1 N–H and O–H groups in total. The van der Waals surface area contributed by atoms with Crippen molar-refractivity contribution in [1.82, 2.24) is 10.0 Å². The normalized spacial score (nSPS) is 10.4. The fraction of sp³-hybridized carbons (Fsp3) is 0.133. The van der Waals surface area contributed by atoms with E-state index in [1.54, 1.807) is 6.07 Å². The summed E-state index contributed by atoms with van der Waals surface area (Å²) in [4.78, 5) is 54.0. The number of aromatic nitrogens is 1. The Kier molecular flexibility index (Phi) is 8.53. The van der Waals surface area contributed by atoms with E-state index in [9.17, 15) is 19.2 Å². The number of pyridine rings is 1. The van der Waals surface area contributed by atoms with Gasteiger partial charge in [0.2, 0.25) is 0 Å². The van der Waals surface area contributed by atoms with Gasteiger partial charge < -0.3 is 19.6 Å². The van der Waals surface area contributed by atoms with Crippen molar-refractivity contribution >= 4 is 17.8 Å². The topological polar surface area (TPSA) is 113 Å². The molecule has 9 heteroatoms. The van der Waals surface area contributed by atoms with E-state index >= 15 is 0 Å². The molecule has 4 rings (SSSR count). The van der Waals surface area contributed by atoms with Crippen molar-refractivity contribution in [3.8, 4) is 22.6 Å². The van der Waals surface area contributed by atoms with Crippen LogP contribution in [0.5, 0.6) is 11.5 Å². The summed E-state index contributed by atoms with van der Waals surface area (Å²) in [7, 11) is 0. The zero-order valence-corrected chi connectivity index (χ0v) is 21.4. The molecule has 0 atom stereocenters. The minimum atomic E-state index is -0.602. The first-order valence-electron chi connectivity index (χ1n) is 12.1. The van der Waals surface area contributed by atoms with Gasteiger partial charge >= 0.3 is 11.9 Å². The van der Waals surface area contributed by atoms with E-state index < -0.39 is 23.4 Å². The van der Waals surface area contributed by atoms with Crippen molar-refractivity contribution < 1.29 is 28.7 Å². The van der Waals surface area contributed by atoms with E-state index in [0.717, 1.165) is 21.4 Å². The van der Waals surface area contributed by atoms with Gasteiger partial charge in [0.25, 0.3) is 11.5 Å². The summed E-state index contributed by atoms with van der Waals surface area (Å²) in [5.74, 6) is -1.59. The summed E-state index contributed by atoms with van der Waals surface area (Å²) < 4.78 is 11.1. The predicted molar refractivity (Wildman–Crippen MR) is 143 cm³/mol. The Bertz CT molecular complexity index is 1540. The summed E-state index contributed by atoms with van der Waals surface area (Å²) in [5.41, 5.74) is 3.03. The molecule has 0 saturated carbocycles. The summed E-state index contributed by atoms with van der Waals surface area (Å²) in [6, 6.07) is 26.5. The van der Waals surface area contributed by atoms with Crippen LogP contribution >= 0.6 is 0 Å². The number of amides is 1. The van der Waals surface area contributed by atoms with Gasteiger partial charge in [-0.05, 0) is 40.5 Å². The highest BCUT2D eigenvalue weighted by Crippen LogP contribution is 2.29. The summed E-state index contributed by atoms with van der Waals surface area (Å²) in [5, 5.41) is 2.81. The second-order valence-electron chi connectivity index (χ2n) is 8.53. The highest BCUT2D eigenvalue weighted by Gasteiger charge is 2.15. The summed E-state index contributed by atoms with van der Waals surface area (Å²) in [6.07, 6.45) is 0. The summed E-state index contributed by atoms with van der Waals surface area (Å²) >= 11 is 0. The van der Waals surface area contributed by atoms with Gasteiger partial charge in [0.05, 0.1) is 0 Å². The van der Waals surface area contributed by atoms with Crippen LogP contribution in [0.4, 0.5) is 0 Å². The van der Waals surface area contributed by atoms with Gasteiger partial charge in [-0.25, -0.2) is 0 Å². The molecule has 0 bridgehead atoms. The number of hydrogen-bond donors (Lipinski definition) is 1. The van der Waals surface area contributed by atoms with Crippen LogP contribution in [0.2, 0.25) is 0 Å². The first-order valence-corrected chi connectivity index (χ1v) is 12.1. The maximum Gasteiger partial charge on any atom is 0.308 e. The molecule has 0 saturated heterocycles. The third-order valence-corrected chi connectivity index (χ3v) is 5.53. The largest absolute Gasteiger partial charge is 0.423 e. The predicted octanol–water partition coefficient (Wildman–Crippen LogP) is 3.92. The lowest BCUT2D eigenvalue weighted by molar-refractivity contribution is -0.134. The number of hydrogen-bond acceptors (Lipinski definition) is 7. The Morgan fingerprint density at radius 3 is 2.05 bits per heavy atom. The van der Waals surface area contributed by atoms with Gasteiger partial charge in [-0.15, -0.1) is 4.73 Å². The van der Waals surface area contributed by atoms with Crippen LogP contribution in [0.3, 0.4) is 0 Å². The van der Waals surface area contributed by atoms with Crippen LogP contribution in [-0.2, 0) is 22.7 Å². The van der Waals surface area contributed by atoms with Crippen molar-refractivity contribution in [3.63, 3.8) is 0 Å². The van der Waals surface area contributed by atoms with Crippen molar-refractivity contribution in [1.29, 1.82) is 0 Å². The molecule has 198 valence electrons. The third-order valence-electron chi connectivity index (χ3n) is 5.53. The molecule has 0 aliphatic rings. The standard InChI is InChI=1S/C30H26N2O7/c1-20(33)38-27-16-13-23(17-28(27)39-21(2)34)19-37-32-26(9-6-10-29(32)35)30(36)31-18-22-11-14-25(15-12-22)24-7-4-3-5-8-24/h3-17H,18-19H2,1-2H3,(H,31,36). The average molecular weight is 527 g/mol. The Balaban J connectivity index is 1.45. The zero-order valence-electron chi connectivity index (χ0n) is 21.4. The molecule has 9 nitrogen and oxygen atoms in total. The van der Waals surface area contributed by atoms with E-state index in [4.69, 9.17) is 14.3 Å². The quantitative estimate of drug-likeness (QED) is 0.260. The second kappa shape index (κ2) is 12.4. The van der Waals surface area contributed by atoms with Crippen LogP contribution in [0.25, 0.3) is 11.1 Å². The maximum atomic E-state index is 13.0. The number of rotatable bonds is 9. The summed E-state index contributed by atoms with van der Waals surface area (Å²) in [6.45, 7) is 2.55. The number of esters is 2. The van der Waals surface area contributed by atoms with Crippen LogP contribution in [0, 0.1) is 0 Å². The molecule has 0 fully saturated rings. The van der Waals surface area contributed by atoms with Gasteiger partial charge in [-0.2, -0.15) is 0 Å². The van der Waals surface area contributed by atoms with Crippen molar-refractivity contribution in [3.05, 3.63) is 118 Å². The van der Waals surface area contributed by atoms with Crippen LogP contribution in [0.15, 0.2) is 95.8 Å². The van der Waals surface area contributed by atoms with Gasteiger partial charge in [0, 0.05) is 26.5 Å². The van der Waals surface area contributed by atoms with Crippen LogP contribution in [0.1, 0.15) is 35.5 Å². The fourth-order valence-electron chi connectivity index (χ4n) is 3.75. The highest BCUT2D eigenvalue weighted by atomic mass is 16.7. The molecule has 0 unspecified atom stereocenters. The first-order chi connectivity index (χ1) is 18.8. The molecule has 1 amide bonds. The van der Waals surface area contributed by atoms with E-state index in [2.05, 4.69) is 5.32 Å². The molecule has 0 aliphatic heterocycles. The molecule has 0 aliphatic carbocycles. The molecular weight excluding hydrogens is 500 g/mol. The highest BCUT2D eigenvalue weighted by molar-refractivity contribution is 5.92. The molecule has 39 heavy (non-hydrogen) atoms. The first kappa shape index (κ1) is 26.9. The van der Waals surface area contributed by atoms with Crippen molar-refractivity contribution in [2.45, 2.75) is 27.0 Å². The van der Waals surface area contributed by atoms with E-state index in [1.165, 1.54) is 44.2 Å². The molecule has 0 spiro atoms. The van der Waals surface area contributed by atoms with E-state index in [1.807, 2.05) is 54.6 Å². The number of ether oxygens (including phenoxy) is 2. The Labute approximate surface area is 224 Å². The average Bonchev–Trinajstić information content (AvgIpc) is 2.92. The number of nitrogens with one attached hydrogen (secondary N) is 1. The maximum absolute atomic E-state index is 13.0. The fourth-order valence-corrected chi connectivity index (χ4v) is 3.75. The molecule has 3 aromatic carbocycles. The smallest absolute Gasteiger partial charge is 0.308 e. The van der Waals surface area contributed by atoms with Gasteiger partial charge in [0.1, 0.15) is 12.3 Å². The van der Waals surface area contributed by atoms with Gasteiger partial charge in [-0.3, -0.25) is 19.2 Å². The van der Waals surface area contributed by atoms with Crippen molar-refractivity contribution in [2.24, 2.45) is 0 Å². The Hall–Kier alpha value is -5.18. The SMILES string of the molecule is CC(=O)Oc1ccc(COn2c(C(=O)NCc3ccc(-c4ccccc4)cc3)cccc2=O)cc1OC(C)=O. The van der Waals surface area contributed by atoms with Crippen LogP contribution < -0.4 is 25.2 Å². The third kappa shape index (κ3) is 7.20. The monoisotopic (exact) mass is 526 g/mol. The molecular formula is C30H26N2O7. The molecule has 1 heterocycles. The lowest BCUT2D eigenvalue weighted by atomic mass is 10.0. The molecule has 1 aromatic heterocycles. The number of carbonyl (C=O) groups is 3. The zero-order chi connectivity index (χ0) is 27.8. The molecule has 0 radical (unpaired) electrons. The van der Waals surface area contributed by atoms with Gasteiger partial charge in [0.15, 0.2) is 11.5 Å². The number of carbonyl (C=O) groups excluding carboxylic acids is 3. The molecule has 4 aromatic rings. The minimum Gasteiger partial charge on any atom is -0.423 e. The van der Waals surface area contributed by atoms with Crippen LogP contribution in [-0.4, -0.2) is 22.6 Å². The van der Waals surface area contributed by atoms with Crippen molar-refractivity contribution in [2.75, 3.05) is 0 Å². The Morgan fingerprint density at radius 1 is 0.718 bits per heavy atom.